The van der Waals surface area contributed by atoms with E-state index < -0.39 is 0 Å². The Kier molecular flexibility index (Phi) is 8.48. The fraction of sp³-hybridized carbons (Fsp3) is 0.250. The molecule has 0 aromatic heterocycles. The van der Waals surface area contributed by atoms with Gasteiger partial charge in [-0.05, 0) is 31.2 Å². The molecule has 0 bridgehead atoms. The Morgan fingerprint density at radius 1 is 1.18 bits per heavy atom. The average molecular weight is 229 g/mol. The first-order valence-electron chi connectivity index (χ1n) is 6.03. The summed E-state index contributed by atoms with van der Waals surface area (Å²) in [7, 11) is 2.03. The van der Waals surface area contributed by atoms with Crippen molar-refractivity contribution in [2.24, 2.45) is 0 Å². The van der Waals surface area contributed by atoms with Crippen LogP contribution in [0, 0.1) is 0 Å². The van der Waals surface area contributed by atoms with Gasteiger partial charge in [-0.3, -0.25) is 0 Å². The third kappa shape index (κ3) is 5.21. The van der Waals surface area contributed by atoms with Crippen molar-refractivity contribution >= 4 is 5.69 Å². The maximum atomic E-state index is 3.82. The van der Waals surface area contributed by atoms with Crippen molar-refractivity contribution in [2.45, 2.75) is 20.8 Å². The van der Waals surface area contributed by atoms with Gasteiger partial charge in [0.1, 0.15) is 0 Å². The quantitative estimate of drug-likeness (QED) is 0.671. The molecule has 1 aromatic carbocycles. The normalized spacial score (nSPS) is 10.7. The Hall–Kier alpha value is -1.76. The summed E-state index contributed by atoms with van der Waals surface area (Å²) in [4.78, 5) is 2.10. The second-order valence-corrected chi connectivity index (χ2v) is 3.22. The van der Waals surface area contributed by atoms with Crippen molar-refractivity contribution < 1.29 is 0 Å². The van der Waals surface area contributed by atoms with E-state index in [1.54, 1.807) is 0 Å². The van der Waals surface area contributed by atoms with Gasteiger partial charge in [-0.15, -0.1) is 0 Å². The van der Waals surface area contributed by atoms with Gasteiger partial charge in [0.25, 0.3) is 0 Å². The number of rotatable bonds is 4. The lowest BCUT2D eigenvalue weighted by Gasteiger charge is -2.19. The summed E-state index contributed by atoms with van der Waals surface area (Å²) in [6, 6.07) is 10.2. The van der Waals surface area contributed by atoms with Crippen LogP contribution >= 0.6 is 0 Å². The molecule has 0 aliphatic heterocycles. The number of para-hydroxylation sites is 1. The van der Waals surface area contributed by atoms with Gasteiger partial charge >= 0.3 is 0 Å². The van der Waals surface area contributed by atoms with Crippen molar-refractivity contribution in [2.75, 3.05) is 11.9 Å². The maximum absolute atomic E-state index is 3.82. The predicted octanol–water partition coefficient (Wildman–Crippen LogP) is 4.80. The fourth-order valence-corrected chi connectivity index (χ4v) is 1.31. The fourth-order valence-electron chi connectivity index (χ4n) is 1.31. The van der Waals surface area contributed by atoms with Crippen molar-refractivity contribution in [1.29, 1.82) is 0 Å². The number of anilines is 1. The van der Waals surface area contributed by atoms with Crippen molar-refractivity contribution in [3.05, 3.63) is 66.9 Å². The molecule has 17 heavy (non-hydrogen) atoms. The van der Waals surface area contributed by atoms with E-state index in [1.165, 1.54) is 0 Å². The largest absolute Gasteiger partial charge is 0.345 e. The first-order chi connectivity index (χ1) is 8.29. The number of allylic oxidation sites excluding steroid dienone is 4. The van der Waals surface area contributed by atoms with Crippen LogP contribution < -0.4 is 4.90 Å². The summed E-state index contributed by atoms with van der Waals surface area (Å²) in [5, 5.41) is 0. The topological polar surface area (TPSA) is 3.24 Å². The van der Waals surface area contributed by atoms with Crippen LogP contribution in [-0.4, -0.2) is 7.05 Å². The van der Waals surface area contributed by atoms with Crippen LogP contribution in [0.5, 0.6) is 0 Å². The maximum Gasteiger partial charge on any atom is 0.0408 e. The summed E-state index contributed by atoms with van der Waals surface area (Å²) < 4.78 is 0. The molecule has 0 unspecified atom stereocenters. The van der Waals surface area contributed by atoms with Crippen LogP contribution in [0.2, 0.25) is 0 Å². The van der Waals surface area contributed by atoms with Crippen LogP contribution in [0.1, 0.15) is 20.8 Å². The monoisotopic (exact) mass is 229 g/mol. The highest BCUT2D eigenvalue weighted by atomic mass is 15.1. The van der Waals surface area contributed by atoms with E-state index in [0.29, 0.717) is 0 Å². The zero-order valence-corrected chi connectivity index (χ0v) is 11.4. The molecule has 0 radical (unpaired) electrons. The van der Waals surface area contributed by atoms with Gasteiger partial charge < -0.3 is 4.90 Å². The SMILES string of the molecule is C=C/C(=C\C=C/C)N(C)c1ccccc1.CC. The molecule has 0 N–H and O–H groups in total. The Morgan fingerprint density at radius 3 is 2.24 bits per heavy atom. The highest BCUT2D eigenvalue weighted by Crippen LogP contribution is 2.16. The molecule has 0 spiro atoms. The standard InChI is InChI=1S/C14H17N.C2H6/c1-4-6-10-13(5-2)15(3)14-11-8-7-9-12-14;1-2/h4-12H,2H2,1,3H3;1-2H3/b6-4-,13-10+;. The molecule has 1 heteroatoms. The summed E-state index contributed by atoms with van der Waals surface area (Å²) in [5.41, 5.74) is 2.24. The third-order valence-corrected chi connectivity index (χ3v) is 2.20. The predicted molar refractivity (Wildman–Crippen MR) is 79.3 cm³/mol. The number of nitrogens with zero attached hydrogens (tertiary/aromatic N) is 1. The second kappa shape index (κ2) is 9.46. The zero-order chi connectivity index (χ0) is 13.1. The molecule has 0 atom stereocenters. The van der Waals surface area contributed by atoms with E-state index in [4.69, 9.17) is 0 Å². The van der Waals surface area contributed by atoms with E-state index in [1.807, 2.05) is 70.3 Å². The second-order valence-electron chi connectivity index (χ2n) is 3.22. The number of likely N-dealkylation sites (N-methyl/N-ethyl adjacent to an activating group) is 1. The van der Waals surface area contributed by atoms with Gasteiger partial charge in [-0.25, -0.2) is 0 Å². The van der Waals surface area contributed by atoms with Gasteiger partial charge in [-0.2, -0.15) is 0 Å². The van der Waals surface area contributed by atoms with Crippen LogP contribution in [0.3, 0.4) is 0 Å². The van der Waals surface area contributed by atoms with Crippen LogP contribution in [0.25, 0.3) is 0 Å². The third-order valence-electron chi connectivity index (χ3n) is 2.20. The highest BCUT2D eigenvalue weighted by Gasteiger charge is 2.01. The number of hydrogen-bond donors (Lipinski definition) is 0. The van der Waals surface area contributed by atoms with E-state index in [-0.39, 0.29) is 0 Å². The minimum Gasteiger partial charge on any atom is -0.345 e. The average Bonchev–Trinajstić information content (AvgIpc) is 2.42. The summed E-state index contributed by atoms with van der Waals surface area (Å²) in [5.74, 6) is 0. The zero-order valence-electron chi connectivity index (χ0n) is 11.4. The Labute approximate surface area is 106 Å². The minimum atomic E-state index is 1.08. The molecule has 1 aromatic rings. The lowest BCUT2D eigenvalue weighted by Crippen LogP contribution is -2.14. The first-order valence-corrected chi connectivity index (χ1v) is 6.03. The van der Waals surface area contributed by atoms with Gasteiger partial charge in [0.15, 0.2) is 0 Å². The molecule has 0 amide bonds. The van der Waals surface area contributed by atoms with Crippen molar-refractivity contribution in [3.63, 3.8) is 0 Å². The van der Waals surface area contributed by atoms with E-state index in [2.05, 4.69) is 23.6 Å². The molecule has 1 nitrogen and oxygen atoms in total. The summed E-state index contributed by atoms with van der Waals surface area (Å²) in [6.07, 6.45) is 7.91. The Morgan fingerprint density at radius 2 is 1.76 bits per heavy atom. The molecule has 0 heterocycles. The minimum absolute atomic E-state index is 1.08. The summed E-state index contributed by atoms with van der Waals surface area (Å²) in [6.45, 7) is 9.82. The molecule has 0 saturated carbocycles. The van der Waals surface area contributed by atoms with E-state index in [9.17, 15) is 0 Å². The van der Waals surface area contributed by atoms with E-state index >= 15 is 0 Å². The molecule has 0 aliphatic carbocycles. The first kappa shape index (κ1) is 15.2. The van der Waals surface area contributed by atoms with Crippen molar-refractivity contribution in [3.8, 4) is 0 Å². The molecule has 0 saturated heterocycles. The van der Waals surface area contributed by atoms with Gasteiger partial charge in [-0.1, -0.05) is 50.8 Å². The summed E-state index contributed by atoms with van der Waals surface area (Å²) >= 11 is 0. The molecular weight excluding hydrogens is 206 g/mol. The lowest BCUT2D eigenvalue weighted by molar-refractivity contribution is 1.14. The van der Waals surface area contributed by atoms with Crippen LogP contribution in [0.4, 0.5) is 5.69 Å². The van der Waals surface area contributed by atoms with Gasteiger partial charge in [0.05, 0.1) is 0 Å². The van der Waals surface area contributed by atoms with Crippen LogP contribution in [0.15, 0.2) is 66.9 Å². The van der Waals surface area contributed by atoms with Crippen LogP contribution in [-0.2, 0) is 0 Å². The number of hydrogen-bond acceptors (Lipinski definition) is 1. The van der Waals surface area contributed by atoms with E-state index in [0.717, 1.165) is 11.4 Å². The molecule has 92 valence electrons. The molecule has 1 rings (SSSR count). The van der Waals surface area contributed by atoms with Gasteiger partial charge in [0, 0.05) is 18.4 Å². The highest BCUT2D eigenvalue weighted by molar-refractivity contribution is 5.53. The Bertz CT molecular complexity index is 360. The van der Waals surface area contributed by atoms with Crippen molar-refractivity contribution in [1.82, 2.24) is 0 Å². The molecule has 0 fully saturated rings. The smallest absolute Gasteiger partial charge is 0.0408 e. The molecule has 0 aliphatic rings. The number of benzene rings is 1. The lowest BCUT2D eigenvalue weighted by atomic mass is 10.2. The molecular formula is C16H23N. The Balaban J connectivity index is 0.00000121. The van der Waals surface area contributed by atoms with Gasteiger partial charge in [0.2, 0.25) is 0 Å².